The van der Waals surface area contributed by atoms with Crippen LogP contribution in [0, 0.1) is 26.7 Å². The van der Waals surface area contributed by atoms with Gasteiger partial charge in [0, 0.05) is 21.8 Å². The van der Waals surface area contributed by atoms with Crippen LogP contribution in [0.3, 0.4) is 0 Å². The van der Waals surface area contributed by atoms with Gasteiger partial charge in [0.05, 0.1) is 16.7 Å². The molecule has 0 fully saturated rings. The zero-order valence-electron chi connectivity index (χ0n) is 31.5. The van der Waals surface area contributed by atoms with Crippen molar-refractivity contribution in [3.05, 3.63) is 191 Å². The molecule has 1 aromatic heterocycles. The van der Waals surface area contributed by atoms with Crippen molar-refractivity contribution in [3.63, 3.8) is 0 Å². The van der Waals surface area contributed by atoms with Crippen LogP contribution >= 0.6 is 0 Å². The van der Waals surface area contributed by atoms with Crippen molar-refractivity contribution in [2.45, 2.75) is 53.4 Å². The number of fused-ring (bicyclic) bond motifs is 7. The zero-order chi connectivity index (χ0) is 36.6. The topological polar surface area (TPSA) is 4.93 Å². The molecule has 9 rings (SSSR count). The van der Waals surface area contributed by atoms with Gasteiger partial charge in [0.15, 0.2) is 0 Å². The smallest absolute Gasteiger partial charge is 0.0543 e. The van der Waals surface area contributed by atoms with E-state index in [1.54, 1.807) is 0 Å². The molecule has 258 valence electrons. The summed E-state index contributed by atoms with van der Waals surface area (Å²) in [5, 5.41) is 5.23. The molecule has 0 radical (unpaired) electrons. The molecule has 0 saturated heterocycles. The van der Waals surface area contributed by atoms with Gasteiger partial charge in [0.1, 0.15) is 0 Å². The normalized spacial score (nSPS) is 15.4. The highest BCUT2D eigenvalue weighted by Gasteiger charge is 2.39. The largest absolute Gasteiger partial charge is 0.309 e. The monoisotopic (exact) mass is 675 g/mol. The molecule has 1 heterocycles. The van der Waals surface area contributed by atoms with Gasteiger partial charge in [-0.3, -0.25) is 0 Å². The number of rotatable bonds is 3. The molecule has 1 atom stereocenters. The predicted octanol–water partition coefficient (Wildman–Crippen LogP) is 14.2. The van der Waals surface area contributed by atoms with Crippen LogP contribution in [0.25, 0.3) is 56.0 Å². The van der Waals surface area contributed by atoms with Crippen LogP contribution in [0.2, 0.25) is 0 Å². The molecule has 52 heavy (non-hydrogen) atoms. The van der Waals surface area contributed by atoms with E-state index in [9.17, 15) is 0 Å². The average Bonchev–Trinajstić information content (AvgIpc) is 3.58. The van der Waals surface area contributed by atoms with E-state index in [4.69, 9.17) is 0 Å². The molecule has 2 aliphatic carbocycles. The number of hydrogen-bond donors (Lipinski definition) is 0. The first-order chi connectivity index (χ1) is 25.1. The molecular weight excluding hydrogens is 627 g/mol. The van der Waals surface area contributed by atoms with Crippen molar-refractivity contribution in [1.82, 2.24) is 4.57 Å². The summed E-state index contributed by atoms with van der Waals surface area (Å²) >= 11 is 0. The average molecular weight is 676 g/mol. The quantitative estimate of drug-likeness (QED) is 0.176. The van der Waals surface area contributed by atoms with Gasteiger partial charge in [-0.1, -0.05) is 167 Å². The van der Waals surface area contributed by atoms with Crippen molar-refractivity contribution >= 4 is 50.3 Å². The van der Waals surface area contributed by atoms with Crippen molar-refractivity contribution in [2.24, 2.45) is 5.92 Å². The van der Waals surface area contributed by atoms with E-state index >= 15 is 0 Å². The standard InChI is InChI=1S/C23H19N.C17H20.C11H10/c1-4-17-9-8-12-21(18(17)5-2)24-22-11-7-6-10-19(22)20-14-13-16(3)15-23(20)24;1-11-5-7-15-13(9-11)14-10-12(2)6-8-16(14)17(15,3)4;1-9-5-4-7-10-6-2-3-8-11(9)10/h4-15H,1-2H2,3H3;5,7-10,12H,6H2,1-4H3;2-8H,1H3. The van der Waals surface area contributed by atoms with E-state index in [0.717, 1.165) is 16.8 Å². The Kier molecular flexibility index (Phi) is 9.47. The minimum absolute atomic E-state index is 0.189. The summed E-state index contributed by atoms with van der Waals surface area (Å²) in [6.45, 7) is 21.4. The molecule has 0 bridgehead atoms. The van der Waals surface area contributed by atoms with Gasteiger partial charge in [0.25, 0.3) is 0 Å². The molecule has 0 spiro atoms. The second kappa shape index (κ2) is 14.2. The molecule has 0 aliphatic heterocycles. The van der Waals surface area contributed by atoms with Crippen LogP contribution in [-0.2, 0) is 5.41 Å². The fourth-order valence-corrected chi connectivity index (χ4v) is 8.15. The van der Waals surface area contributed by atoms with Gasteiger partial charge < -0.3 is 4.57 Å². The van der Waals surface area contributed by atoms with Crippen LogP contribution in [-0.4, -0.2) is 4.57 Å². The number of allylic oxidation sites excluding steroid dienone is 4. The number of aromatic nitrogens is 1. The second-order valence-corrected chi connectivity index (χ2v) is 14.9. The third-order valence-corrected chi connectivity index (χ3v) is 10.9. The maximum atomic E-state index is 4.03. The molecule has 0 N–H and O–H groups in total. The maximum absolute atomic E-state index is 4.03. The van der Waals surface area contributed by atoms with Crippen LogP contribution in [0.4, 0.5) is 0 Å². The van der Waals surface area contributed by atoms with Gasteiger partial charge in [-0.05, 0) is 101 Å². The lowest BCUT2D eigenvalue weighted by Gasteiger charge is -2.24. The summed E-state index contributed by atoms with van der Waals surface area (Å²) in [6.07, 6.45) is 9.91. The summed E-state index contributed by atoms with van der Waals surface area (Å²) in [5.74, 6) is 0.677. The first-order valence-corrected chi connectivity index (χ1v) is 18.5. The number of nitrogens with zero attached hydrogens (tertiary/aromatic N) is 1. The molecule has 1 unspecified atom stereocenters. The Labute approximate surface area is 310 Å². The molecule has 6 aromatic carbocycles. The highest BCUT2D eigenvalue weighted by molar-refractivity contribution is 6.09. The summed E-state index contributed by atoms with van der Waals surface area (Å²) < 4.78 is 2.34. The Morgan fingerprint density at radius 3 is 2.12 bits per heavy atom. The summed E-state index contributed by atoms with van der Waals surface area (Å²) in [5.41, 5.74) is 15.9. The van der Waals surface area contributed by atoms with Crippen LogP contribution in [0.5, 0.6) is 0 Å². The third-order valence-electron chi connectivity index (χ3n) is 10.9. The lowest BCUT2D eigenvalue weighted by molar-refractivity contribution is 0.640. The van der Waals surface area contributed by atoms with Gasteiger partial charge in [-0.2, -0.15) is 0 Å². The van der Waals surface area contributed by atoms with Crippen molar-refractivity contribution in [3.8, 4) is 5.69 Å². The highest BCUT2D eigenvalue weighted by Crippen LogP contribution is 2.52. The molecule has 0 amide bonds. The summed E-state index contributed by atoms with van der Waals surface area (Å²) in [7, 11) is 0. The van der Waals surface area contributed by atoms with Crippen molar-refractivity contribution < 1.29 is 0 Å². The number of benzene rings is 6. The summed E-state index contributed by atoms with van der Waals surface area (Å²) in [4.78, 5) is 0. The van der Waals surface area contributed by atoms with Gasteiger partial charge in [0.2, 0.25) is 0 Å². The number of hydrogen-bond acceptors (Lipinski definition) is 0. The minimum atomic E-state index is 0.189. The fraction of sp³-hybridized carbons (Fsp3) is 0.176. The Balaban J connectivity index is 0.000000130. The first-order valence-electron chi connectivity index (χ1n) is 18.5. The molecule has 0 saturated carbocycles. The van der Waals surface area contributed by atoms with Gasteiger partial charge in [-0.25, -0.2) is 0 Å². The maximum Gasteiger partial charge on any atom is 0.0543 e. The summed E-state index contributed by atoms with van der Waals surface area (Å²) in [6, 6.07) is 43.2. The SMILES string of the molecule is C=Cc1cccc(-n2c3ccccc3c3ccc(C)cc32)c1C=C.Cc1ccc2c(c1)C1=CC(C)CC=C1C2(C)C.Cc1cccc2ccccc12. The van der Waals surface area contributed by atoms with E-state index in [2.05, 4.69) is 193 Å². The van der Waals surface area contributed by atoms with E-state index in [1.807, 2.05) is 12.2 Å². The predicted molar refractivity (Wildman–Crippen MR) is 228 cm³/mol. The minimum Gasteiger partial charge on any atom is -0.309 e. The van der Waals surface area contributed by atoms with Crippen molar-refractivity contribution in [2.75, 3.05) is 0 Å². The second-order valence-electron chi connectivity index (χ2n) is 14.9. The molecule has 1 heteroatoms. The van der Waals surface area contributed by atoms with Gasteiger partial charge >= 0.3 is 0 Å². The Hall–Kier alpha value is -5.66. The Morgan fingerprint density at radius 2 is 1.35 bits per heavy atom. The zero-order valence-corrected chi connectivity index (χ0v) is 31.5. The highest BCUT2D eigenvalue weighted by atomic mass is 15.0. The Morgan fingerprint density at radius 1 is 0.673 bits per heavy atom. The Bertz CT molecular complexity index is 2540. The van der Waals surface area contributed by atoms with E-state index in [1.165, 1.54) is 78.0 Å². The van der Waals surface area contributed by atoms with Crippen molar-refractivity contribution in [1.29, 1.82) is 0 Å². The fourth-order valence-electron chi connectivity index (χ4n) is 8.15. The lowest BCUT2D eigenvalue weighted by Crippen LogP contribution is -2.16. The van der Waals surface area contributed by atoms with Crippen LogP contribution in [0.15, 0.2) is 152 Å². The first kappa shape index (κ1) is 34.8. The number of aryl methyl sites for hydroxylation is 3. The van der Waals surface area contributed by atoms with E-state index < -0.39 is 0 Å². The molecular formula is C51H49N. The van der Waals surface area contributed by atoms with E-state index in [-0.39, 0.29) is 5.41 Å². The molecule has 1 nitrogen and oxygen atoms in total. The third kappa shape index (κ3) is 6.26. The van der Waals surface area contributed by atoms with Crippen LogP contribution < -0.4 is 0 Å². The van der Waals surface area contributed by atoms with Crippen LogP contribution in [0.1, 0.15) is 66.1 Å². The van der Waals surface area contributed by atoms with Gasteiger partial charge in [-0.15, -0.1) is 0 Å². The lowest BCUT2D eigenvalue weighted by atomic mass is 9.79. The molecule has 7 aromatic rings. The molecule has 2 aliphatic rings. The number of para-hydroxylation sites is 1. The van der Waals surface area contributed by atoms with E-state index in [0.29, 0.717) is 5.92 Å².